The van der Waals surface area contributed by atoms with Crippen LogP contribution in [0.2, 0.25) is 0 Å². The van der Waals surface area contributed by atoms with Gasteiger partial charge in [-0.1, -0.05) is 22.9 Å². The lowest BCUT2D eigenvalue weighted by Gasteiger charge is -2.22. The van der Waals surface area contributed by atoms with E-state index in [1.54, 1.807) is 14.2 Å². The normalized spacial score (nSPS) is 20.0. The van der Waals surface area contributed by atoms with E-state index >= 15 is 0 Å². The lowest BCUT2D eigenvalue weighted by atomic mass is 9.99. The van der Waals surface area contributed by atoms with Crippen molar-refractivity contribution < 1.29 is 14.3 Å². The van der Waals surface area contributed by atoms with Crippen LogP contribution in [0.5, 0.6) is 5.75 Å². The topological polar surface area (TPSA) is 63.2 Å². The Labute approximate surface area is 174 Å². The molecule has 25 heavy (non-hydrogen) atoms. The summed E-state index contributed by atoms with van der Waals surface area (Å²) in [4.78, 5) is 18.3. The number of benzene rings is 1. The van der Waals surface area contributed by atoms with Crippen LogP contribution in [0.15, 0.2) is 27.7 Å². The second kappa shape index (κ2) is 10.2. The third-order valence-electron chi connectivity index (χ3n) is 4.31. The van der Waals surface area contributed by atoms with Gasteiger partial charge in [-0.15, -0.1) is 24.0 Å². The van der Waals surface area contributed by atoms with Crippen LogP contribution in [0.3, 0.4) is 0 Å². The van der Waals surface area contributed by atoms with Crippen LogP contribution in [-0.2, 0) is 16.1 Å². The molecule has 2 atom stereocenters. The van der Waals surface area contributed by atoms with Gasteiger partial charge in [0, 0.05) is 36.7 Å². The molecule has 0 aliphatic carbocycles. The summed E-state index contributed by atoms with van der Waals surface area (Å²) in [7, 11) is 4.84. The Morgan fingerprint density at radius 1 is 1.40 bits per heavy atom. The van der Waals surface area contributed by atoms with Gasteiger partial charge >= 0.3 is 5.97 Å². The van der Waals surface area contributed by atoms with Crippen molar-refractivity contribution >= 4 is 51.8 Å². The average Bonchev–Trinajstić information content (AvgIpc) is 2.96. The first-order chi connectivity index (χ1) is 11.5. The van der Waals surface area contributed by atoms with Gasteiger partial charge in [0.25, 0.3) is 0 Å². The second-order valence-corrected chi connectivity index (χ2v) is 6.78. The molecule has 140 valence electrons. The third kappa shape index (κ3) is 5.47. The van der Waals surface area contributed by atoms with Crippen molar-refractivity contribution in [3.63, 3.8) is 0 Å². The molecule has 6 nitrogen and oxygen atoms in total. The van der Waals surface area contributed by atoms with Crippen molar-refractivity contribution in [1.82, 2.24) is 10.2 Å². The summed E-state index contributed by atoms with van der Waals surface area (Å²) in [6.07, 6.45) is 0. The number of guanidine groups is 1. The smallest absolute Gasteiger partial charge is 0.310 e. The molecule has 1 aliphatic heterocycles. The maximum Gasteiger partial charge on any atom is 0.310 e. The predicted octanol–water partition coefficient (Wildman–Crippen LogP) is 2.89. The molecule has 0 aromatic heterocycles. The number of methoxy groups -OCH3 is 2. The van der Waals surface area contributed by atoms with Crippen LogP contribution in [0.25, 0.3) is 0 Å². The lowest BCUT2D eigenvalue weighted by molar-refractivity contribution is -0.145. The largest absolute Gasteiger partial charge is 0.496 e. The zero-order valence-corrected chi connectivity index (χ0v) is 18.8. The van der Waals surface area contributed by atoms with Crippen molar-refractivity contribution in [2.75, 3.05) is 34.4 Å². The van der Waals surface area contributed by atoms with E-state index in [4.69, 9.17) is 9.47 Å². The first-order valence-electron chi connectivity index (χ1n) is 7.86. The van der Waals surface area contributed by atoms with Gasteiger partial charge in [0.1, 0.15) is 5.75 Å². The van der Waals surface area contributed by atoms with Crippen molar-refractivity contribution in [3.8, 4) is 5.75 Å². The number of nitrogens with zero attached hydrogens (tertiary/aromatic N) is 2. The number of hydrogen-bond acceptors (Lipinski definition) is 4. The summed E-state index contributed by atoms with van der Waals surface area (Å²) in [6, 6.07) is 5.89. The van der Waals surface area contributed by atoms with Gasteiger partial charge < -0.3 is 19.7 Å². The van der Waals surface area contributed by atoms with Gasteiger partial charge in [-0.3, -0.25) is 9.79 Å². The van der Waals surface area contributed by atoms with Gasteiger partial charge in [-0.2, -0.15) is 0 Å². The Morgan fingerprint density at radius 2 is 2.12 bits per heavy atom. The zero-order chi connectivity index (χ0) is 17.7. The standard InChI is InChI=1S/C17H24BrN3O3.HI/c1-11-9-21(10-14(11)16(22)24-4)17(19-2)20-8-12-7-13(18)5-6-15(12)23-3;/h5-7,11,14H,8-10H2,1-4H3,(H,19,20);1H. The number of ether oxygens (including phenoxy) is 2. The predicted molar refractivity (Wildman–Crippen MR) is 113 cm³/mol. The first kappa shape index (κ1) is 22.0. The van der Waals surface area contributed by atoms with Gasteiger partial charge in [0.15, 0.2) is 5.96 Å². The van der Waals surface area contributed by atoms with Gasteiger partial charge in [0.05, 0.1) is 20.1 Å². The quantitative estimate of drug-likeness (QED) is 0.283. The molecule has 0 amide bonds. The molecule has 1 N–H and O–H groups in total. The van der Waals surface area contributed by atoms with Crippen LogP contribution in [0.4, 0.5) is 0 Å². The molecule has 8 heteroatoms. The third-order valence-corrected chi connectivity index (χ3v) is 4.80. The Hall–Kier alpha value is -1.03. The highest BCUT2D eigenvalue weighted by atomic mass is 127. The molecule has 1 aliphatic rings. The zero-order valence-electron chi connectivity index (χ0n) is 14.9. The molecule has 0 radical (unpaired) electrons. The van der Waals surface area contributed by atoms with E-state index in [9.17, 15) is 4.79 Å². The van der Waals surface area contributed by atoms with Gasteiger partial charge in [-0.25, -0.2) is 0 Å². The molecular formula is C17H25BrIN3O3. The highest BCUT2D eigenvalue weighted by Gasteiger charge is 2.36. The van der Waals surface area contributed by atoms with Crippen LogP contribution in [-0.4, -0.2) is 51.2 Å². The molecule has 0 bridgehead atoms. The van der Waals surface area contributed by atoms with Gasteiger partial charge in [-0.05, 0) is 24.1 Å². The Bertz CT molecular complexity index is 627. The fourth-order valence-corrected chi connectivity index (χ4v) is 3.40. The second-order valence-electron chi connectivity index (χ2n) is 5.87. The summed E-state index contributed by atoms with van der Waals surface area (Å²) in [5.74, 6) is 1.55. The van der Waals surface area contributed by atoms with Gasteiger partial charge in [0.2, 0.25) is 0 Å². The van der Waals surface area contributed by atoms with E-state index in [-0.39, 0.29) is 41.8 Å². The van der Waals surface area contributed by atoms with E-state index < -0.39 is 0 Å². The number of carbonyl (C=O) groups is 1. The lowest BCUT2D eigenvalue weighted by Crippen LogP contribution is -2.40. The fraction of sp³-hybridized carbons (Fsp3) is 0.529. The van der Waals surface area contributed by atoms with Crippen LogP contribution < -0.4 is 10.1 Å². The molecule has 2 unspecified atom stereocenters. The molecule has 0 spiro atoms. The number of carbonyl (C=O) groups excluding carboxylic acids is 1. The van der Waals surface area contributed by atoms with E-state index in [0.29, 0.717) is 13.1 Å². The molecule has 1 aromatic rings. The SMILES string of the molecule is CN=C(NCc1cc(Br)ccc1OC)N1CC(C)C(C(=O)OC)C1.I. The van der Waals surface area contributed by atoms with E-state index in [0.717, 1.165) is 28.3 Å². The summed E-state index contributed by atoms with van der Waals surface area (Å²) in [6.45, 7) is 4.04. The number of halogens is 2. The molecular weight excluding hydrogens is 501 g/mol. The summed E-state index contributed by atoms with van der Waals surface area (Å²) in [5.41, 5.74) is 1.03. The Morgan fingerprint density at radius 3 is 2.72 bits per heavy atom. The minimum Gasteiger partial charge on any atom is -0.496 e. The minimum atomic E-state index is -0.158. The van der Waals surface area contributed by atoms with Crippen LogP contribution in [0, 0.1) is 11.8 Å². The summed E-state index contributed by atoms with van der Waals surface area (Å²) in [5, 5.41) is 3.35. The monoisotopic (exact) mass is 525 g/mol. The molecule has 2 rings (SSSR count). The summed E-state index contributed by atoms with van der Waals surface area (Å²) >= 11 is 3.48. The van der Waals surface area contributed by atoms with Crippen molar-refractivity contribution in [2.45, 2.75) is 13.5 Å². The van der Waals surface area contributed by atoms with Crippen molar-refractivity contribution in [3.05, 3.63) is 28.2 Å². The molecule has 1 heterocycles. The van der Waals surface area contributed by atoms with E-state index in [2.05, 4.69) is 38.1 Å². The number of rotatable bonds is 4. The summed E-state index contributed by atoms with van der Waals surface area (Å²) < 4.78 is 11.3. The molecule has 1 saturated heterocycles. The highest BCUT2D eigenvalue weighted by molar-refractivity contribution is 14.0. The maximum absolute atomic E-state index is 11.9. The fourth-order valence-electron chi connectivity index (χ4n) is 2.99. The van der Waals surface area contributed by atoms with Crippen LogP contribution >= 0.6 is 39.9 Å². The van der Waals surface area contributed by atoms with Crippen molar-refractivity contribution in [1.29, 1.82) is 0 Å². The number of hydrogen-bond donors (Lipinski definition) is 1. The van der Waals surface area contributed by atoms with E-state index in [1.807, 2.05) is 18.2 Å². The van der Waals surface area contributed by atoms with Crippen molar-refractivity contribution in [2.24, 2.45) is 16.8 Å². The molecule has 1 fully saturated rings. The Kier molecular flexibility index (Phi) is 8.98. The average molecular weight is 526 g/mol. The number of aliphatic imine (C=N–C) groups is 1. The minimum absolute atomic E-state index is 0. The van der Waals surface area contributed by atoms with Crippen LogP contribution in [0.1, 0.15) is 12.5 Å². The number of esters is 1. The Balaban J connectivity index is 0.00000312. The number of nitrogens with one attached hydrogen (secondary N) is 1. The molecule has 0 saturated carbocycles. The van der Waals surface area contributed by atoms with E-state index in [1.165, 1.54) is 7.11 Å². The maximum atomic E-state index is 11.9. The highest BCUT2D eigenvalue weighted by Crippen LogP contribution is 2.25. The molecule has 1 aromatic carbocycles. The first-order valence-corrected chi connectivity index (χ1v) is 8.65. The number of likely N-dealkylation sites (tertiary alicyclic amines) is 1.